The first-order valence-electron chi connectivity index (χ1n) is 17.5. The van der Waals surface area contributed by atoms with Gasteiger partial charge >= 0.3 is 0 Å². The minimum absolute atomic E-state index is 0.217. The fourth-order valence-corrected chi connectivity index (χ4v) is 4.49. The number of ether oxygens (including phenoxy) is 10. The van der Waals surface area contributed by atoms with Crippen LogP contribution in [0, 0.1) is 0 Å². The number of imide groups is 1. The molecule has 13 heteroatoms. The van der Waals surface area contributed by atoms with Gasteiger partial charge in [-0.3, -0.25) is 14.5 Å². The molecule has 0 fully saturated rings. The maximum atomic E-state index is 12.3. The van der Waals surface area contributed by atoms with Crippen LogP contribution in [0.4, 0.5) is 0 Å². The van der Waals surface area contributed by atoms with Crippen LogP contribution in [0.3, 0.4) is 0 Å². The number of amides is 2. The minimum atomic E-state index is -0.275. The van der Waals surface area contributed by atoms with Crippen LogP contribution in [0.25, 0.3) is 0 Å². The van der Waals surface area contributed by atoms with Gasteiger partial charge in [-0.2, -0.15) is 0 Å². The molecule has 0 saturated heterocycles. The Morgan fingerprint density at radius 1 is 0.396 bits per heavy atom. The number of carbonyl (C=O) groups excluding carboxylic acids is 2. The van der Waals surface area contributed by atoms with Gasteiger partial charge in [0.2, 0.25) is 0 Å². The highest BCUT2D eigenvalue weighted by atomic mass is 16.6. The number of benzene rings is 1. The van der Waals surface area contributed by atoms with Gasteiger partial charge in [0.05, 0.1) is 143 Å². The van der Waals surface area contributed by atoms with Crippen LogP contribution in [0.1, 0.15) is 59.7 Å². The molecule has 48 heavy (non-hydrogen) atoms. The zero-order valence-corrected chi connectivity index (χ0v) is 29.0. The van der Waals surface area contributed by atoms with Crippen LogP contribution in [-0.2, 0) is 47.4 Å². The Bertz CT molecular complexity index is 886. The lowest BCUT2D eigenvalue weighted by molar-refractivity contribution is -0.0265. The molecule has 0 N–H and O–H groups in total. The lowest BCUT2D eigenvalue weighted by atomic mass is 10.1. The number of unbranched alkanes of at least 4 members (excludes halogenated alkanes) is 4. The summed E-state index contributed by atoms with van der Waals surface area (Å²) >= 11 is 0. The van der Waals surface area contributed by atoms with Crippen molar-refractivity contribution in [2.24, 2.45) is 0 Å². The van der Waals surface area contributed by atoms with Gasteiger partial charge in [-0.25, -0.2) is 0 Å². The van der Waals surface area contributed by atoms with Crippen molar-refractivity contribution in [2.75, 3.05) is 139 Å². The summed E-state index contributed by atoms with van der Waals surface area (Å²) in [5, 5.41) is 0. The highest BCUT2D eigenvalue weighted by Crippen LogP contribution is 2.21. The highest BCUT2D eigenvalue weighted by molar-refractivity contribution is 6.21. The van der Waals surface area contributed by atoms with Gasteiger partial charge in [-0.05, 0) is 18.6 Å². The molecule has 1 heterocycles. The number of carbonyl (C=O) groups is 2. The van der Waals surface area contributed by atoms with E-state index in [-0.39, 0.29) is 25.0 Å². The second-order valence-electron chi connectivity index (χ2n) is 10.8. The molecule has 1 aliphatic rings. The molecule has 2 rings (SSSR count). The van der Waals surface area contributed by atoms with E-state index in [9.17, 15) is 9.59 Å². The van der Waals surface area contributed by atoms with Crippen LogP contribution in [0.2, 0.25) is 0 Å². The normalized spacial score (nSPS) is 12.8. The van der Waals surface area contributed by atoms with E-state index in [0.717, 1.165) is 13.0 Å². The predicted octanol–water partition coefficient (Wildman–Crippen LogP) is 3.42. The average molecular weight is 686 g/mol. The Hall–Kier alpha value is -2.04. The SMILES string of the molecule is CCCCCCCOCCOCCOCCOCCOCCOCCOCCOCCOCCOCCN1C(=O)c2ccccc2C1=O. The van der Waals surface area contributed by atoms with Crippen molar-refractivity contribution in [3.63, 3.8) is 0 Å². The van der Waals surface area contributed by atoms with Gasteiger partial charge in [0, 0.05) is 6.61 Å². The third-order valence-corrected chi connectivity index (χ3v) is 7.08. The van der Waals surface area contributed by atoms with E-state index in [1.807, 2.05) is 0 Å². The van der Waals surface area contributed by atoms with Crippen molar-refractivity contribution in [3.05, 3.63) is 35.4 Å². The summed E-state index contributed by atoms with van der Waals surface area (Å²) in [6.45, 7) is 12.5. The molecular formula is C35H59NO12. The number of rotatable bonds is 36. The van der Waals surface area contributed by atoms with Gasteiger partial charge < -0.3 is 47.4 Å². The summed E-state index contributed by atoms with van der Waals surface area (Å²) < 4.78 is 54.9. The van der Waals surface area contributed by atoms with Crippen molar-refractivity contribution in [1.29, 1.82) is 0 Å². The quantitative estimate of drug-likeness (QED) is 0.0758. The standard InChI is InChI=1S/C35H59NO12/c1-2-3-4-5-8-12-39-14-16-41-18-20-43-22-24-45-26-28-47-30-31-48-29-27-46-25-23-44-21-19-42-17-15-40-13-11-36-34(37)32-9-6-7-10-33(32)35(36)38/h6-7,9-10H,2-5,8,11-31H2,1H3. The summed E-state index contributed by atoms with van der Waals surface area (Å²) in [7, 11) is 0. The van der Waals surface area contributed by atoms with Crippen LogP contribution in [0.15, 0.2) is 24.3 Å². The first-order chi connectivity index (χ1) is 23.8. The van der Waals surface area contributed by atoms with Gasteiger partial charge in [0.25, 0.3) is 11.8 Å². The monoisotopic (exact) mass is 685 g/mol. The van der Waals surface area contributed by atoms with Crippen molar-refractivity contribution in [3.8, 4) is 0 Å². The summed E-state index contributed by atoms with van der Waals surface area (Å²) in [5.74, 6) is -0.550. The third-order valence-electron chi connectivity index (χ3n) is 7.08. The zero-order valence-electron chi connectivity index (χ0n) is 29.0. The Labute approximate surface area is 286 Å². The molecule has 1 aromatic rings. The van der Waals surface area contributed by atoms with Crippen LogP contribution in [0.5, 0.6) is 0 Å². The largest absolute Gasteiger partial charge is 0.379 e. The molecule has 2 amide bonds. The number of hydrogen-bond donors (Lipinski definition) is 0. The fourth-order valence-electron chi connectivity index (χ4n) is 4.49. The Balaban J connectivity index is 1.17. The molecule has 0 atom stereocenters. The van der Waals surface area contributed by atoms with Crippen molar-refractivity contribution in [1.82, 2.24) is 4.90 Å². The molecule has 0 saturated carbocycles. The van der Waals surface area contributed by atoms with E-state index in [1.165, 1.54) is 30.6 Å². The second kappa shape index (κ2) is 31.0. The number of nitrogens with zero attached hydrogens (tertiary/aromatic N) is 1. The zero-order chi connectivity index (χ0) is 34.2. The Morgan fingerprint density at radius 2 is 0.688 bits per heavy atom. The second-order valence-corrected chi connectivity index (χ2v) is 10.8. The predicted molar refractivity (Wildman–Crippen MR) is 179 cm³/mol. The number of hydrogen-bond acceptors (Lipinski definition) is 12. The molecule has 0 bridgehead atoms. The Kier molecular flexibility index (Phi) is 27.2. The summed E-state index contributed by atoms with van der Waals surface area (Å²) in [6.07, 6.45) is 6.25. The maximum absolute atomic E-state index is 12.3. The molecule has 13 nitrogen and oxygen atoms in total. The Morgan fingerprint density at radius 3 is 1.02 bits per heavy atom. The van der Waals surface area contributed by atoms with E-state index < -0.39 is 0 Å². The van der Waals surface area contributed by atoms with Crippen LogP contribution >= 0.6 is 0 Å². The summed E-state index contributed by atoms with van der Waals surface area (Å²) in [4.78, 5) is 25.8. The van der Waals surface area contributed by atoms with Gasteiger partial charge in [0.15, 0.2) is 0 Å². The third kappa shape index (κ3) is 21.1. The van der Waals surface area contributed by atoms with E-state index in [2.05, 4.69) is 6.92 Å². The molecule has 1 aliphatic heterocycles. The molecule has 0 spiro atoms. The maximum Gasteiger partial charge on any atom is 0.261 e. The van der Waals surface area contributed by atoms with Crippen molar-refractivity contribution < 1.29 is 57.0 Å². The van der Waals surface area contributed by atoms with E-state index >= 15 is 0 Å². The molecule has 0 radical (unpaired) electrons. The van der Waals surface area contributed by atoms with E-state index in [1.54, 1.807) is 24.3 Å². The van der Waals surface area contributed by atoms with Gasteiger partial charge in [-0.15, -0.1) is 0 Å². The molecule has 0 aliphatic carbocycles. The first kappa shape index (κ1) is 42.1. The summed E-state index contributed by atoms with van der Waals surface area (Å²) in [5.41, 5.74) is 0.889. The average Bonchev–Trinajstić information content (AvgIpc) is 3.34. The smallest absolute Gasteiger partial charge is 0.261 e. The lowest BCUT2D eigenvalue weighted by Gasteiger charge is -2.13. The fraction of sp³-hybridized carbons (Fsp3) is 0.771. The van der Waals surface area contributed by atoms with Crippen molar-refractivity contribution in [2.45, 2.75) is 39.0 Å². The molecule has 276 valence electrons. The lowest BCUT2D eigenvalue weighted by Crippen LogP contribution is -2.33. The van der Waals surface area contributed by atoms with Crippen LogP contribution in [-0.4, -0.2) is 155 Å². The topological polar surface area (TPSA) is 130 Å². The molecule has 0 aromatic heterocycles. The van der Waals surface area contributed by atoms with Crippen molar-refractivity contribution >= 4 is 11.8 Å². The van der Waals surface area contributed by atoms with E-state index in [0.29, 0.717) is 130 Å². The van der Waals surface area contributed by atoms with Crippen LogP contribution < -0.4 is 0 Å². The number of fused-ring (bicyclic) bond motifs is 1. The van der Waals surface area contributed by atoms with Gasteiger partial charge in [-0.1, -0.05) is 44.7 Å². The highest BCUT2D eigenvalue weighted by Gasteiger charge is 2.34. The van der Waals surface area contributed by atoms with E-state index in [4.69, 9.17) is 47.4 Å². The summed E-state index contributed by atoms with van der Waals surface area (Å²) in [6, 6.07) is 6.83. The molecule has 1 aromatic carbocycles. The molecule has 0 unspecified atom stereocenters. The molecular weight excluding hydrogens is 626 g/mol. The first-order valence-corrected chi connectivity index (χ1v) is 17.5. The minimum Gasteiger partial charge on any atom is -0.379 e. The van der Waals surface area contributed by atoms with Gasteiger partial charge in [0.1, 0.15) is 0 Å².